The second-order valence-electron chi connectivity index (χ2n) is 8.68. The van der Waals surface area contributed by atoms with Crippen LogP contribution < -0.4 is 0 Å². The van der Waals surface area contributed by atoms with Crippen molar-refractivity contribution < 1.29 is 28.9 Å². The van der Waals surface area contributed by atoms with Crippen molar-refractivity contribution in [1.29, 1.82) is 0 Å². The predicted octanol–water partition coefficient (Wildman–Crippen LogP) is 2.38. The average Bonchev–Trinajstić information content (AvgIpc) is 2.68. The molecule has 1 N–H and O–H groups in total. The van der Waals surface area contributed by atoms with E-state index in [1.54, 1.807) is 0 Å². The van der Waals surface area contributed by atoms with Crippen LogP contribution in [0.15, 0.2) is 12.2 Å². The number of carbonyl (C=O) groups excluding carboxylic acids is 2. The number of hydrogen-bond acceptors (Lipinski definition) is 6. The van der Waals surface area contributed by atoms with Crippen LogP contribution in [0.4, 0.5) is 0 Å². The van der Waals surface area contributed by atoms with E-state index in [0.717, 1.165) is 12.8 Å². The summed E-state index contributed by atoms with van der Waals surface area (Å²) in [5.74, 6) is -1.20. The molecule has 6 nitrogen and oxygen atoms in total. The Bertz CT molecular complexity index is 599. The Morgan fingerprint density at radius 1 is 1.42 bits per heavy atom. The molecule has 0 radical (unpaired) electrons. The van der Waals surface area contributed by atoms with Gasteiger partial charge in [-0.15, -0.1) is 0 Å². The molecule has 3 aliphatic rings. The van der Waals surface area contributed by atoms with Crippen molar-refractivity contribution in [1.82, 2.24) is 0 Å². The molecular formula is C20H30O6. The summed E-state index contributed by atoms with van der Waals surface area (Å²) in [6.07, 6.45) is -0.133. The number of fused-ring (bicyclic) bond motifs is 3. The number of carbonyl (C=O) groups is 2. The van der Waals surface area contributed by atoms with Crippen LogP contribution in [-0.4, -0.2) is 47.1 Å². The average molecular weight is 366 g/mol. The van der Waals surface area contributed by atoms with E-state index in [1.165, 1.54) is 0 Å². The van der Waals surface area contributed by atoms with E-state index in [4.69, 9.17) is 14.2 Å². The molecule has 3 rings (SSSR count). The molecule has 0 unspecified atom stereocenters. The summed E-state index contributed by atoms with van der Waals surface area (Å²) < 4.78 is 17.7. The van der Waals surface area contributed by atoms with E-state index in [0.29, 0.717) is 6.42 Å². The van der Waals surface area contributed by atoms with Gasteiger partial charge in [0.05, 0.1) is 18.1 Å². The van der Waals surface area contributed by atoms with E-state index in [-0.39, 0.29) is 29.8 Å². The van der Waals surface area contributed by atoms with Crippen molar-refractivity contribution in [2.45, 2.75) is 83.4 Å². The van der Waals surface area contributed by atoms with E-state index in [1.807, 2.05) is 27.7 Å². The van der Waals surface area contributed by atoms with Gasteiger partial charge in [-0.05, 0) is 31.6 Å². The number of esters is 2. The lowest BCUT2D eigenvalue weighted by Gasteiger charge is -2.38. The van der Waals surface area contributed by atoms with Crippen LogP contribution >= 0.6 is 0 Å². The lowest BCUT2D eigenvalue weighted by molar-refractivity contribution is -0.201. The Hall–Kier alpha value is -1.40. The van der Waals surface area contributed by atoms with Crippen molar-refractivity contribution in [3.8, 4) is 0 Å². The maximum absolute atomic E-state index is 12.4. The summed E-state index contributed by atoms with van der Waals surface area (Å²) in [6.45, 7) is 11.7. The van der Waals surface area contributed by atoms with Gasteiger partial charge in [0.2, 0.25) is 0 Å². The van der Waals surface area contributed by atoms with Gasteiger partial charge in [-0.1, -0.05) is 33.8 Å². The van der Waals surface area contributed by atoms with Gasteiger partial charge in [-0.3, -0.25) is 4.79 Å². The van der Waals surface area contributed by atoms with Gasteiger partial charge in [0, 0.05) is 12.0 Å². The van der Waals surface area contributed by atoms with Crippen molar-refractivity contribution in [2.75, 3.05) is 0 Å². The van der Waals surface area contributed by atoms with Gasteiger partial charge in [-0.25, -0.2) is 4.79 Å². The summed E-state index contributed by atoms with van der Waals surface area (Å²) >= 11 is 0. The van der Waals surface area contributed by atoms with E-state index in [9.17, 15) is 14.7 Å². The summed E-state index contributed by atoms with van der Waals surface area (Å²) in [6, 6.07) is 0. The number of hydrogen-bond donors (Lipinski definition) is 1. The zero-order valence-electron chi connectivity index (χ0n) is 16.1. The highest BCUT2D eigenvalue weighted by Gasteiger charge is 2.60. The Balaban J connectivity index is 2.00. The number of aliphatic hydroxyl groups is 1. The Morgan fingerprint density at radius 2 is 2.12 bits per heavy atom. The molecule has 146 valence electrons. The molecule has 6 heteroatoms. The van der Waals surface area contributed by atoms with Crippen LogP contribution in [-0.2, 0) is 23.8 Å². The SMILES string of the molecule is C=C1C(=O)O[C@@H]2[C@@H]1[C@H](O)[C@H]1O[C@](C)(CCC[C@H]1C)[C@H]2OC(=O)CC(C)C. The smallest absolute Gasteiger partial charge is 0.334 e. The van der Waals surface area contributed by atoms with Gasteiger partial charge >= 0.3 is 11.9 Å². The topological polar surface area (TPSA) is 82.1 Å². The summed E-state index contributed by atoms with van der Waals surface area (Å²) in [5.41, 5.74) is -0.578. The first-order valence-electron chi connectivity index (χ1n) is 9.59. The van der Waals surface area contributed by atoms with Gasteiger partial charge < -0.3 is 19.3 Å². The zero-order valence-corrected chi connectivity index (χ0v) is 16.1. The summed E-state index contributed by atoms with van der Waals surface area (Å²) in [5, 5.41) is 11.0. The largest absolute Gasteiger partial charge is 0.455 e. The first-order chi connectivity index (χ1) is 12.1. The standard InChI is InChI=1S/C20H30O6/c1-10(2)9-13(21)24-18-17-14(12(4)19(23)25-17)15(22)16-11(3)7-6-8-20(18,5)26-16/h10-11,14-18,22H,4,6-9H2,1-3,5H3/t11-,14+,15+,16+,17-,18+,20-/m1/s1. The van der Waals surface area contributed by atoms with Crippen LogP contribution in [0.25, 0.3) is 0 Å². The molecule has 3 saturated heterocycles. The molecule has 3 fully saturated rings. The molecule has 0 aliphatic carbocycles. The molecule has 2 bridgehead atoms. The Labute approximate surface area is 154 Å². The molecular weight excluding hydrogens is 336 g/mol. The molecule has 26 heavy (non-hydrogen) atoms. The second-order valence-corrected chi connectivity index (χ2v) is 8.68. The highest BCUT2D eigenvalue weighted by Crippen LogP contribution is 2.47. The third-order valence-electron chi connectivity index (χ3n) is 6.00. The highest BCUT2D eigenvalue weighted by molar-refractivity contribution is 5.91. The monoisotopic (exact) mass is 366 g/mol. The van der Waals surface area contributed by atoms with E-state index < -0.39 is 41.9 Å². The van der Waals surface area contributed by atoms with Crippen molar-refractivity contribution in [2.24, 2.45) is 17.8 Å². The van der Waals surface area contributed by atoms with Crippen LogP contribution in [0.3, 0.4) is 0 Å². The molecule has 7 atom stereocenters. The first-order valence-corrected chi connectivity index (χ1v) is 9.59. The summed E-state index contributed by atoms with van der Waals surface area (Å²) in [7, 11) is 0. The third kappa shape index (κ3) is 3.29. The van der Waals surface area contributed by atoms with Crippen LogP contribution in [0.2, 0.25) is 0 Å². The van der Waals surface area contributed by atoms with Gasteiger partial charge in [0.1, 0.15) is 5.60 Å². The number of aliphatic hydroxyl groups excluding tert-OH is 1. The van der Waals surface area contributed by atoms with Crippen LogP contribution in [0.1, 0.15) is 53.4 Å². The molecule has 3 aliphatic heterocycles. The lowest BCUT2D eigenvalue weighted by atomic mass is 9.78. The molecule has 3 heterocycles. The molecule has 0 spiro atoms. The third-order valence-corrected chi connectivity index (χ3v) is 6.00. The normalized spacial score (nSPS) is 42.7. The van der Waals surface area contributed by atoms with Gasteiger partial charge in [-0.2, -0.15) is 0 Å². The summed E-state index contributed by atoms with van der Waals surface area (Å²) in [4.78, 5) is 24.6. The molecule has 0 saturated carbocycles. The second kappa shape index (κ2) is 6.97. The quantitative estimate of drug-likeness (QED) is 0.610. The lowest BCUT2D eigenvalue weighted by Crippen LogP contribution is -2.51. The predicted molar refractivity (Wildman–Crippen MR) is 94.1 cm³/mol. The Morgan fingerprint density at radius 3 is 2.77 bits per heavy atom. The highest BCUT2D eigenvalue weighted by atomic mass is 16.6. The molecule has 0 aromatic rings. The van der Waals surface area contributed by atoms with Gasteiger partial charge in [0.15, 0.2) is 12.2 Å². The van der Waals surface area contributed by atoms with Crippen molar-refractivity contribution >= 4 is 11.9 Å². The minimum absolute atomic E-state index is 0.126. The molecule has 0 aromatic carbocycles. The fraction of sp³-hybridized carbons (Fsp3) is 0.800. The van der Waals surface area contributed by atoms with Crippen LogP contribution in [0, 0.1) is 17.8 Å². The molecule has 0 aromatic heterocycles. The van der Waals surface area contributed by atoms with Crippen molar-refractivity contribution in [3.63, 3.8) is 0 Å². The number of ether oxygens (including phenoxy) is 3. The first kappa shape index (κ1) is 19.4. The number of rotatable bonds is 3. The zero-order chi connectivity index (χ0) is 19.2. The van der Waals surface area contributed by atoms with Gasteiger partial charge in [0.25, 0.3) is 0 Å². The minimum Gasteiger partial charge on any atom is -0.455 e. The maximum Gasteiger partial charge on any atom is 0.334 e. The van der Waals surface area contributed by atoms with E-state index in [2.05, 4.69) is 6.58 Å². The van der Waals surface area contributed by atoms with Crippen molar-refractivity contribution in [3.05, 3.63) is 12.2 Å². The fourth-order valence-corrected chi connectivity index (χ4v) is 4.57. The Kier molecular flexibility index (Phi) is 5.19. The fourth-order valence-electron chi connectivity index (χ4n) is 4.57. The minimum atomic E-state index is -0.917. The maximum atomic E-state index is 12.4. The molecule has 0 amide bonds. The van der Waals surface area contributed by atoms with E-state index >= 15 is 0 Å². The van der Waals surface area contributed by atoms with Crippen LogP contribution in [0.5, 0.6) is 0 Å².